The van der Waals surface area contributed by atoms with Gasteiger partial charge in [0.05, 0.1) is 56.5 Å². The average Bonchev–Trinajstić information content (AvgIpc) is 3.66. The highest BCUT2D eigenvalue weighted by molar-refractivity contribution is 6.07. The number of pyridine rings is 1. The van der Waals surface area contributed by atoms with E-state index in [1.165, 1.54) is 28.6 Å². The summed E-state index contributed by atoms with van der Waals surface area (Å²) in [6, 6.07) is 25.2. The van der Waals surface area contributed by atoms with E-state index in [1.54, 1.807) is 45.7 Å². The lowest BCUT2D eigenvalue weighted by Gasteiger charge is -2.29. The summed E-state index contributed by atoms with van der Waals surface area (Å²) in [4.78, 5) is 21.8. The first-order valence-corrected chi connectivity index (χ1v) is 16.2. The van der Waals surface area contributed by atoms with Crippen LogP contribution in [0.5, 0.6) is 23.0 Å². The van der Waals surface area contributed by atoms with E-state index in [4.69, 9.17) is 18.9 Å². The smallest absolute Gasteiger partial charge is 0.257 e. The van der Waals surface area contributed by atoms with Gasteiger partial charge in [0.1, 0.15) is 0 Å². The molecule has 0 atom stereocenters. The van der Waals surface area contributed by atoms with Gasteiger partial charge in [-0.3, -0.25) is 14.7 Å². The summed E-state index contributed by atoms with van der Waals surface area (Å²) in [5.74, 6) is 2.42. The molecule has 7 rings (SSSR count). The lowest BCUT2D eigenvalue weighted by atomic mass is 9.98. The van der Waals surface area contributed by atoms with Gasteiger partial charge in [-0.1, -0.05) is 30.3 Å². The van der Waals surface area contributed by atoms with Crippen LogP contribution in [-0.4, -0.2) is 77.5 Å². The van der Waals surface area contributed by atoms with Crippen molar-refractivity contribution in [3.8, 4) is 40.1 Å². The van der Waals surface area contributed by atoms with E-state index in [1.807, 2.05) is 36.4 Å². The van der Waals surface area contributed by atoms with E-state index in [9.17, 15) is 4.79 Å². The monoisotopic (exact) mass is 671 g/mol. The Morgan fingerprint density at radius 3 is 2.28 bits per heavy atom. The number of fused-ring (bicyclic) bond motifs is 2. The molecule has 0 saturated carbocycles. The predicted molar refractivity (Wildman–Crippen MR) is 190 cm³/mol. The van der Waals surface area contributed by atoms with Gasteiger partial charge in [-0.25, -0.2) is 0 Å². The molecule has 3 heterocycles. The van der Waals surface area contributed by atoms with E-state index in [0.717, 1.165) is 60.6 Å². The van der Waals surface area contributed by atoms with Crippen LogP contribution >= 0.6 is 0 Å². The fourth-order valence-electron chi connectivity index (χ4n) is 6.20. The molecule has 254 valence electrons. The maximum Gasteiger partial charge on any atom is 0.257 e. The van der Waals surface area contributed by atoms with Crippen molar-refractivity contribution < 1.29 is 23.7 Å². The number of methoxy groups -OCH3 is 4. The Labute approximate surface area is 289 Å². The number of tetrazole rings is 1. The fourth-order valence-corrected chi connectivity index (χ4v) is 6.20. The highest BCUT2D eigenvalue weighted by Crippen LogP contribution is 2.38. The summed E-state index contributed by atoms with van der Waals surface area (Å²) in [6.45, 7) is 2.79. The number of carbonyl (C=O) groups excluding carboxylic acids is 1. The van der Waals surface area contributed by atoms with Gasteiger partial charge in [0.25, 0.3) is 5.91 Å². The topological polar surface area (TPSA) is 126 Å². The molecule has 0 bridgehead atoms. The summed E-state index contributed by atoms with van der Waals surface area (Å²) in [7, 11) is 6.43. The number of rotatable bonds is 11. The zero-order valence-electron chi connectivity index (χ0n) is 28.3. The Balaban J connectivity index is 1.06. The number of anilines is 1. The Morgan fingerprint density at radius 2 is 1.52 bits per heavy atom. The van der Waals surface area contributed by atoms with Crippen molar-refractivity contribution in [2.45, 2.75) is 19.4 Å². The SMILES string of the molecule is COc1cc2c(cc1OC)CN(CCc1ccc(-n3nnc(-c4cc(OC)c(OC)cc4NC(=O)c4cnc5ccccc5c4)n3)cc1)CC2. The van der Waals surface area contributed by atoms with Crippen molar-refractivity contribution in [1.29, 1.82) is 0 Å². The Hall–Kier alpha value is -6.01. The minimum absolute atomic E-state index is 0.307. The zero-order valence-corrected chi connectivity index (χ0v) is 28.3. The second-order valence-corrected chi connectivity index (χ2v) is 11.9. The van der Waals surface area contributed by atoms with Gasteiger partial charge in [-0.05, 0) is 77.2 Å². The number of carbonyl (C=O) groups is 1. The molecular weight excluding hydrogens is 634 g/mol. The zero-order chi connectivity index (χ0) is 34.6. The predicted octanol–water partition coefficient (Wildman–Crippen LogP) is 5.77. The fraction of sp³-hybridized carbons (Fsp3) is 0.237. The summed E-state index contributed by atoms with van der Waals surface area (Å²) < 4.78 is 22.1. The molecule has 0 spiro atoms. The van der Waals surface area contributed by atoms with E-state index >= 15 is 0 Å². The Morgan fingerprint density at radius 1 is 0.820 bits per heavy atom. The number of ether oxygens (including phenoxy) is 4. The first-order valence-electron chi connectivity index (χ1n) is 16.2. The summed E-state index contributed by atoms with van der Waals surface area (Å²) in [5.41, 5.74) is 6.73. The van der Waals surface area contributed by atoms with Gasteiger partial charge in [-0.2, -0.15) is 0 Å². The highest BCUT2D eigenvalue weighted by Gasteiger charge is 2.21. The van der Waals surface area contributed by atoms with Crippen molar-refractivity contribution in [3.63, 3.8) is 0 Å². The van der Waals surface area contributed by atoms with Crippen LogP contribution in [-0.2, 0) is 19.4 Å². The molecule has 12 heteroatoms. The van der Waals surface area contributed by atoms with Crippen LogP contribution < -0.4 is 24.3 Å². The van der Waals surface area contributed by atoms with Crippen molar-refractivity contribution in [2.24, 2.45) is 0 Å². The van der Waals surface area contributed by atoms with Crippen LogP contribution in [0, 0.1) is 0 Å². The summed E-state index contributed by atoms with van der Waals surface area (Å²) in [6.07, 6.45) is 3.43. The van der Waals surface area contributed by atoms with E-state index in [2.05, 4.69) is 54.9 Å². The minimum Gasteiger partial charge on any atom is -0.493 e. The molecule has 0 radical (unpaired) electrons. The molecule has 0 saturated heterocycles. The third-order valence-corrected chi connectivity index (χ3v) is 8.96. The van der Waals surface area contributed by atoms with Crippen LogP contribution in [0.3, 0.4) is 0 Å². The van der Waals surface area contributed by atoms with Gasteiger partial charge in [0.2, 0.25) is 5.82 Å². The number of aromatic nitrogens is 5. The number of benzene rings is 4. The molecular formula is C38H37N7O5. The number of hydrogen-bond donors (Lipinski definition) is 1. The lowest BCUT2D eigenvalue weighted by Crippen LogP contribution is -2.32. The Kier molecular flexibility index (Phi) is 9.26. The lowest BCUT2D eigenvalue weighted by molar-refractivity contribution is 0.102. The third-order valence-electron chi connectivity index (χ3n) is 8.96. The molecule has 0 unspecified atom stereocenters. The van der Waals surface area contributed by atoms with E-state index in [0.29, 0.717) is 34.1 Å². The van der Waals surface area contributed by atoms with Crippen LogP contribution in [0.1, 0.15) is 27.0 Å². The molecule has 1 aliphatic rings. The first-order chi connectivity index (χ1) is 24.5. The van der Waals surface area contributed by atoms with Crippen LogP contribution in [0.25, 0.3) is 28.0 Å². The number of nitrogens with zero attached hydrogens (tertiary/aromatic N) is 6. The van der Waals surface area contributed by atoms with E-state index < -0.39 is 0 Å². The van der Waals surface area contributed by atoms with Crippen LogP contribution in [0.4, 0.5) is 5.69 Å². The van der Waals surface area contributed by atoms with Gasteiger partial charge >= 0.3 is 0 Å². The van der Waals surface area contributed by atoms with Crippen molar-refractivity contribution in [3.05, 3.63) is 107 Å². The standard InChI is InChI=1S/C38H37N7O5/c1-47-33-18-25-14-16-44(23-28(25)19-34(33)48-2)15-13-24-9-11-29(12-10-24)45-42-37(41-43-45)30-20-35(49-3)36(50-4)21-32(30)40-38(46)27-17-26-7-5-6-8-31(26)39-22-27/h5-12,17-22H,13-16,23H2,1-4H3,(H,40,46). The second kappa shape index (κ2) is 14.2. The normalized spacial score (nSPS) is 12.7. The van der Waals surface area contributed by atoms with Crippen LogP contribution in [0.15, 0.2) is 85.1 Å². The van der Waals surface area contributed by atoms with Crippen LogP contribution in [0.2, 0.25) is 0 Å². The molecule has 2 aromatic heterocycles. The highest BCUT2D eigenvalue weighted by atomic mass is 16.5. The third kappa shape index (κ3) is 6.65. The van der Waals surface area contributed by atoms with Crippen molar-refractivity contribution in [2.75, 3.05) is 46.8 Å². The quantitative estimate of drug-likeness (QED) is 0.182. The molecule has 50 heavy (non-hydrogen) atoms. The molecule has 1 amide bonds. The number of para-hydroxylation sites is 1. The molecule has 1 N–H and O–H groups in total. The number of nitrogens with one attached hydrogen (secondary N) is 1. The van der Waals surface area contributed by atoms with Gasteiger partial charge in [-0.15, -0.1) is 15.0 Å². The summed E-state index contributed by atoms with van der Waals surface area (Å²) in [5, 5.41) is 17.2. The molecule has 0 aliphatic carbocycles. The number of amides is 1. The van der Waals surface area contributed by atoms with Crippen molar-refractivity contribution >= 4 is 22.5 Å². The molecule has 0 fully saturated rings. The Bertz CT molecular complexity index is 2170. The van der Waals surface area contributed by atoms with Gasteiger partial charge in [0.15, 0.2) is 23.0 Å². The molecule has 1 aliphatic heterocycles. The maximum absolute atomic E-state index is 13.4. The number of hydrogen-bond acceptors (Lipinski definition) is 10. The van der Waals surface area contributed by atoms with Gasteiger partial charge < -0.3 is 24.3 Å². The molecule has 12 nitrogen and oxygen atoms in total. The summed E-state index contributed by atoms with van der Waals surface area (Å²) >= 11 is 0. The van der Waals surface area contributed by atoms with E-state index in [-0.39, 0.29) is 5.91 Å². The maximum atomic E-state index is 13.4. The molecule has 6 aromatic rings. The largest absolute Gasteiger partial charge is 0.493 e. The van der Waals surface area contributed by atoms with Gasteiger partial charge in [0, 0.05) is 37.3 Å². The molecule has 4 aromatic carbocycles. The average molecular weight is 672 g/mol. The minimum atomic E-state index is -0.339. The second-order valence-electron chi connectivity index (χ2n) is 11.9. The first kappa shape index (κ1) is 32.5. The van der Waals surface area contributed by atoms with Crippen molar-refractivity contribution in [1.82, 2.24) is 30.1 Å².